The minimum atomic E-state index is -0.484. The van der Waals surface area contributed by atoms with E-state index in [1.54, 1.807) is 19.2 Å². The minimum absolute atomic E-state index is 0.207. The second-order valence-corrected chi connectivity index (χ2v) is 5.98. The average molecular weight is 358 g/mol. The van der Waals surface area contributed by atoms with E-state index in [2.05, 4.69) is 21.2 Å². The van der Waals surface area contributed by atoms with Gasteiger partial charge in [-0.1, -0.05) is 12.8 Å². The van der Waals surface area contributed by atoms with Crippen molar-refractivity contribution in [3.05, 3.63) is 22.2 Å². The number of ether oxygens (including phenoxy) is 2. The van der Waals surface area contributed by atoms with Gasteiger partial charge in [-0.15, -0.1) is 0 Å². The van der Waals surface area contributed by atoms with Crippen LogP contribution in [0.4, 0.5) is 0 Å². The molecule has 1 amide bonds. The lowest BCUT2D eigenvalue weighted by molar-refractivity contribution is 0.0715. The van der Waals surface area contributed by atoms with Gasteiger partial charge in [0.15, 0.2) is 0 Å². The first-order valence-electron chi connectivity index (χ1n) is 6.97. The number of carbonyl (C=O) groups is 1. The summed E-state index contributed by atoms with van der Waals surface area (Å²) in [6, 6.07) is 3.17. The molecule has 0 saturated heterocycles. The molecule has 116 valence electrons. The Kier molecular flexibility index (Phi) is 5.47. The number of halogens is 1. The third-order valence-electron chi connectivity index (χ3n) is 3.75. The number of carbonyl (C=O) groups excluding carboxylic acids is 1. The zero-order valence-electron chi connectivity index (χ0n) is 12.2. The fourth-order valence-corrected chi connectivity index (χ4v) is 3.19. The molecule has 2 unspecified atom stereocenters. The summed E-state index contributed by atoms with van der Waals surface area (Å²) >= 11 is 3.37. The third-order valence-corrected chi connectivity index (χ3v) is 4.34. The molecule has 0 radical (unpaired) electrons. The van der Waals surface area contributed by atoms with Gasteiger partial charge in [0.25, 0.3) is 5.91 Å². The van der Waals surface area contributed by atoms with Gasteiger partial charge in [0, 0.05) is 0 Å². The number of hydrogen-bond donors (Lipinski definition) is 2. The molecule has 2 N–H and O–H groups in total. The topological polar surface area (TPSA) is 67.8 Å². The van der Waals surface area contributed by atoms with Gasteiger partial charge in [-0.25, -0.2) is 0 Å². The molecule has 1 aliphatic rings. The Morgan fingerprint density at radius 1 is 1.29 bits per heavy atom. The molecule has 1 aliphatic carbocycles. The zero-order valence-corrected chi connectivity index (χ0v) is 13.8. The van der Waals surface area contributed by atoms with Crippen molar-refractivity contribution < 1.29 is 19.4 Å². The third kappa shape index (κ3) is 3.68. The van der Waals surface area contributed by atoms with Crippen LogP contribution in [0.3, 0.4) is 0 Å². The van der Waals surface area contributed by atoms with Crippen molar-refractivity contribution >= 4 is 21.8 Å². The van der Waals surface area contributed by atoms with E-state index in [4.69, 9.17) is 9.47 Å². The number of nitrogens with one attached hydrogen (secondary N) is 1. The van der Waals surface area contributed by atoms with Crippen LogP contribution < -0.4 is 14.8 Å². The Labute approximate surface area is 132 Å². The van der Waals surface area contributed by atoms with Crippen LogP contribution in [0.2, 0.25) is 0 Å². The van der Waals surface area contributed by atoms with Crippen molar-refractivity contribution in [2.75, 3.05) is 14.2 Å². The lowest BCUT2D eigenvalue weighted by Gasteiger charge is -2.28. The van der Waals surface area contributed by atoms with Crippen molar-refractivity contribution in [3.8, 4) is 11.5 Å². The fraction of sp³-hybridized carbons (Fsp3) is 0.533. The normalized spacial score (nSPS) is 21.7. The molecule has 1 fully saturated rings. The molecule has 1 saturated carbocycles. The molecule has 2 rings (SSSR count). The van der Waals surface area contributed by atoms with Crippen LogP contribution in [0.25, 0.3) is 0 Å². The summed E-state index contributed by atoms with van der Waals surface area (Å²) in [5.41, 5.74) is 0.390. The Morgan fingerprint density at radius 3 is 2.62 bits per heavy atom. The van der Waals surface area contributed by atoms with Crippen molar-refractivity contribution in [2.45, 2.75) is 37.8 Å². The highest BCUT2D eigenvalue weighted by atomic mass is 79.9. The second kappa shape index (κ2) is 7.13. The minimum Gasteiger partial charge on any atom is -0.497 e. The predicted octanol–water partition coefficient (Wildman–Crippen LogP) is 2.50. The van der Waals surface area contributed by atoms with Crippen LogP contribution in [-0.4, -0.2) is 37.4 Å². The summed E-state index contributed by atoms with van der Waals surface area (Å²) < 4.78 is 11.1. The van der Waals surface area contributed by atoms with E-state index < -0.39 is 6.10 Å². The Balaban J connectivity index is 2.23. The average Bonchev–Trinajstić information content (AvgIpc) is 2.48. The summed E-state index contributed by atoms with van der Waals surface area (Å²) in [4.78, 5) is 12.5. The van der Waals surface area contributed by atoms with Crippen LogP contribution in [0.1, 0.15) is 36.0 Å². The first kappa shape index (κ1) is 16.1. The van der Waals surface area contributed by atoms with Gasteiger partial charge in [0.1, 0.15) is 11.5 Å². The van der Waals surface area contributed by atoms with E-state index in [-0.39, 0.29) is 11.9 Å². The van der Waals surface area contributed by atoms with Crippen LogP contribution >= 0.6 is 15.9 Å². The van der Waals surface area contributed by atoms with Crippen LogP contribution in [-0.2, 0) is 0 Å². The largest absolute Gasteiger partial charge is 0.497 e. The summed E-state index contributed by atoms with van der Waals surface area (Å²) in [6.45, 7) is 0. The second-order valence-electron chi connectivity index (χ2n) is 5.12. The Morgan fingerprint density at radius 2 is 2.00 bits per heavy atom. The number of benzene rings is 1. The maximum atomic E-state index is 12.5. The van der Waals surface area contributed by atoms with Crippen LogP contribution in [0.15, 0.2) is 16.6 Å². The van der Waals surface area contributed by atoms with Crippen molar-refractivity contribution in [1.29, 1.82) is 0 Å². The molecule has 0 heterocycles. The molecular weight excluding hydrogens is 338 g/mol. The monoisotopic (exact) mass is 357 g/mol. The molecular formula is C15H20BrNO4. The van der Waals surface area contributed by atoms with Crippen molar-refractivity contribution in [1.82, 2.24) is 5.32 Å². The fourth-order valence-electron chi connectivity index (χ4n) is 2.59. The molecule has 0 aromatic heterocycles. The van der Waals surface area contributed by atoms with E-state index in [0.717, 1.165) is 25.7 Å². The summed E-state index contributed by atoms with van der Waals surface area (Å²) in [5.74, 6) is 0.757. The lowest BCUT2D eigenvalue weighted by atomic mass is 9.92. The van der Waals surface area contributed by atoms with Crippen molar-refractivity contribution in [3.63, 3.8) is 0 Å². The van der Waals surface area contributed by atoms with E-state index >= 15 is 0 Å². The number of amides is 1. The standard InChI is InChI=1S/C15H20BrNO4/c1-20-9-7-10(14(21-2)11(16)8-9)15(19)17-12-5-3-4-6-13(12)18/h7-8,12-13,18H,3-6H2,1-2H3,(H,17,19). The molecule has 21 heavy (non-hydrogen) atoms. The van der Waals surface area contributed by atoms with Crippen LogP contribution in [0.5, 0.6) is 11.5 Å². The molecule has 2 atom stereocenters. The summed E-state index contributed by atoms with van der Waals surface area (Å²) in [5, 5.41) is 12.9. The number of methoxy groups -OCH3 is 2. The van der Waals surface area contributed by atoms with Gasteiger partial charge in [-0.3, -0.25) is 4.79 Å². The maximum Gasteiger partial charge on any atom is 0.255 e. The quantitative estimate of drug-likeness (QED) is 0.868. The molecule has 0 aliphatic heterocycles. The number of hydrogen-bond acceptors (Lipinski definition) is 4. The zero-order chi connectivity index (χ0) is 15.4. The van der Waals surface area contributed by atoms with Gasteiger partial charge in [0.05, 0.1) is 36.4 Å². The first-order valence-corrected chi connectivity index (χ1v) is 7.76. The van der Waals surface area contributed by atoms with Crippen LogP contribution in [0, 0.1) is 0 Å². The summed E-state index contributed by atoms with van der Waals surface area (Å²) in [7, 11) is 3.06. The number of aliphatic hydroxyl groups is 1. The lowest BCUT2D eigenvalue weighted by Crippen LogP contribution is -2.45. The molecule has 6 heteroatoms. The van der Waals surface area contributed by atoms with Gasteiger partial charge in [-0.2, -0.15) is 0 Å². The van der Waals surface area contributed by atoms with Crippen molar-refractivity contribution in [2.24, 2.45) is 0 Å². The predicted molar refractivity (Wildman–Crippen MR) is 83.0 cm³/mol. The van der Waals surface area contributed by atoms with Gasteiger partial charge < -0.3 is 19.9 Å². The Bertz CT molecular complexity index is 521. The molecule has 0 spiro atoms. The molecule has 5 nitrogen and oxygen atoms in total. The van der Waals surface area contributed by atoms with E-state index in [0.29, 0.717) is 21.5 Å². The van der Waals surface area contributed by atoms with E-state index in [9.17, 15) is 9.90 Å². The van der Waals surface area contributed by atoms with Gasteiger partial charge in [0.2, 0.25) is 0 Å². The molecule has 1 aromatic carbocycles. The number of aliphatic hydroxyl groups excluding tert-OH is 1. The Hall–Kier alpha value is -1.27. The highest BCUT2D eigenvalue weighted by molar-refractivity contribution is 9.10. The first-order chi connectivity index (χ1) is 10.1. The molecule has 1 aromatic rings. The smallest absolute Gasteiger partial charge is 0.255 e. The highest BCUT2D eigenvalue weighted by Crippen LogP contribution is 2.33. The SMILES string of the molecule is COc1cc(Br)c(OC)c(C(=O)NC2CCCCC2O)c1. The van der Waals surface area contributed by atoms with Gasteiger partial charge in [-0.05, 0) is 40.9 Å². The number of rotatable bonds is 4. The van der Waals surface area contributed by atoms with Gasteiger partial charge >= 0.3 is 0 Å². The van der Waals surface area contributed by atoms with E-state index in [1.165, 1.54) is 7.11 Å². The highest BCUT2D eigenvalue weighted by Gasteiger charge is 2.26. The molecule has 0 bridgehead atoms. The summed E-state index contributed by atoms with van der Waals surface area (Å²) in [6.07, 6.45) is 3.05. The maximum absolute atomic E-state index is 12.5. The van der Waals surface area contributed by atoms with E-state index in [1.807, 2.05) is 0 Å².